The molecule has 2 rings (SSSR count). The number of nitrogens with two attached hydrogens (primary N) is 1. The summed E-state index contributed by atoms with van der Waals surface area (Å²) in [5.74, 6) is 0.0473. The minimum atomic E-state index is 0.0473. The van der Waals surface area contributed by atoms with Crippen LogP contribution in [0.3, 0.4) is 0 Å². The summed E-state index contributed by atoms with van der Waals surface area (Å²) in [7, 11) is 0. The first-order valence-corrected chi connectivity index (χ1v) is 7.28. The average molecular weight is 276 g/mol. The predicted octanol–water partition coefficient (Wildman–Crippen LogP) is 1.53. The van der Waals surface area contributed by atoms with Crippen molar-refractivity contribution in [2.45, 2.75) is 33.2 Å². The summed E-state index contributed by atoms with van der Waals surface area (Å²) < 4.78 is 0. The second-order valence-corrected chi connectivity index (χ2v) is 5.49. The van der Waals surface area contributed by atoms with Crippen molar-refractivity contribution in [2.24, 2.45) is 0 Å². The fourth-order valence-electron chi connectivity index (χ4n) is 2.56. The molecule has 5 heteroatoms. The van der Waals surface area contributed by atoms with E-state index in [-0.39, 0.29) is 5.91 Å². The SMILES string of the molecule is CCC(C)N1CCN(C(=O)c2cc(N)cnc2C)CC1. The van der Waals surface area contributed by atoms with Crippen molar-refractivity contribution in [3.05, 3.63) is 23.5 Å². The van der Waals surface area contributed by atoms with Crippen LogP contribution in [0.4, 0.5) is 5.69 Å². The zero-order valence-corrected chi connectivity index (χ0v) is 12.6. The zero-order chi connectivity index (χ0) is 14.7. The minimum absolute atomic E-state index is 0.0473. The van der Waals surface area contributed by atoms with Gasteiger partial charge in [0.05, 0.1) is 23.1 Å². The molecule has 20 heavy (non-hydrogen) atoms. The Balaban J connectivity index is 2.03. The van der Waals surface area contributed by atoms with Crippen LogP contribution >= 0.6 is 0 Å². The van der Waals surface area contributed by atoms with Gasteiger partial charge in [0.1, 0.15) is 0 Å². The van der Waals surface area contributed by atoms with Gasteiger partial charge in [-0.1, -0.05) is 6.92 Å². The van der Waals surface area contributed by atoms with Crippen molar-refractivity contribution in [3.8, 4) is 0 Å². The highest BCUT2D eigenvalue weighted by molar-refractivity contribution is 5.96. The molecular weight excluding hydrogens is 252 g/mol. The van der Waals surface area contributed by atoms with E-state index in [0.717, 1.165) is 38.3 Å². The third-order valence-corrected chi connectivity index (χ3v) is 4.15. The molecule has 5 nitrogen and oxygen atoms in total. The number of carbonyl (C=O) groups excluding carboxylic acids is 1. The van der Waals surface area contributed by atoms with E-state index in [0.29, 0.717) is 17.3 Å². The fraction of sp³-hybridized carbons (Fsp3) is 0.600. The highest BCUT2D eigenvalue weighted by atomic mass is 16.2. The smallest absolute Gasteiger partial charge is 0.255 e. The molecule has 0 spiro atoms. The van der Waals surface area contributed by atoms with Crippen LogP contribution in [-0.4, -0.2) is 52.9 Å². The number of hydrogen-bond donors (Lipinski definition) is 1. The second-order valence-electron chi connectivity index (χ2n) is 5.49. The number of carbonyl (C=O) groups is 1. The van der Waals surface area contributed by atoms with Crippen LogP contribution in [0.2, 0.25) is 0 Å². The summed E-state index contributed by atoms with van der Waals surface area (Å²) >= 11 is 0. The Bertz CT molecular complexity index is 481. The Hall–Kier alpha value is -1.62. The summed E-state index contributed by atoms with van der Waals surface area (Å²) in [4.78, 5) is 21.0. The van der Waals surface area contributed by atoms with Gasteiger partial charge in [0.25, 0.3) is 5.91 Å². The molecule has 0 aromatic carbocycles. The van der Waals surface area contributed by atoms with Gasteiger partial charge in [0, 0.05) is 32.2 Å². The Morgan fingerprint density at radius 1 is 1.40 bits per heavy atom. The number of nitrogen functional groups attached to an aromatic ring is 1. The molecule has 1 fully saturated rings. The lowest BCUT2D eigenvalue weighted by Crippen LogP contribution is -2.51. The number of anilines is 1. The second kappa shape index (κ2) is 6.22. The summed E-state index contributed by atoms with van der Waals surface area (Å²) in [5.41, 5.74) is 7.64. The lowest BCUT2D eigenvalue weighted by Gasteiger charge is -2.38. The molecule has 1 aliphatic rings. The van der Waals surface area contributed by atoms with Crippen molar-refractivity contribution in [1.82, 2.24) is 14.8 Å². The lowest BCUT2D eigenvalue weighted by atomic mass is 10.1. The van der Waals surface area contributed by atoms with Crippen LogP contribution < -0.4 is 5.73 Å². The summed E-state index contributed by atoms with van der Waals surface area (Å²) in [6.45, 7) is 9.72. The lowest BCUT2D eigenvalue weighted by molar-refractivity contribution is 0.0578. The van der Waals surface area contributed by atoms with Gasteiger partial charge in [0.15, 0.2) is 0 Å². The van der Waals surface area contributed by atoms with E-state index in [9.17, 15) is 4.79 Å². The van der Waals surface area contributed by atoms with E-state index in [4.69, 9.17) is 5.73 Å². The van der Waals surface area contributed by atoms with E-state index in [1.807, 2.05) is 11.8 Å². The van der Waals surface area contributed by atoms with Crippen LogP contribution in [0.25, 0.3) is 0 Å². The van der Waals surface area contributed by atoms with Crippen LogP contribution in [0.15, 0.2) is 12.3 Å². The molecule has 0 saturated carbocycles. The van der Waals surface area contributed by atoms with Gasteiger partial charge in [-0.3, -0.25) is 14.7 Å². The number of pyridine rings is 1. The highest BCUT2D eigenvalue weighted by Gasteiger charge is 2.25. The number of aromatic nitrogens is 1. The molecular formula is C15H24N4O. The van der Waals surface area contributed by atoms with E-state index >= 15 is 0 Å². The van der Waals surface area contributed by atoms with Gasteiger partial charge in [-0.05, 0) is 26.3 Å². The largest absolute Gasteiger partial charge is 0.397 e. The quantitative estimate of drug-likeness (QED) is 0.909. The molecule has 1 unspecified atom stereocenters. The van der Waals surface area contributed by atoms with Crippen LogP contribution in [-0.2, 0) is 0 Å². The Morgan fingerprint density at radius 3 is 2.65 bits per heavy atom. The van der Waals surface area contributed by atoms with Gasteiger partial charge in [-0.2, -0.15) is 0 Å². The fourth-order valence-corrected chi connectivity index (χ4v) is 2.56. The van der Waals surface area contributed by atoms with E-state index in [2.05, 4.69) is 23.7 Å². The van der Waals surface area contributed by atoms with E-state index < -0.39 is 0 Å². The third-order valence-electron chi connectivity index (χ3n) is 4.15. The maximum atomic E-state index is 12.5. The van der Waals surface area contributed by atoms with Gasteiger partial charge in [-0.25, -0.2) is 0 Å². The van der Waals surface area contributed by atoms with Gasteiger partial charge in [0.2, 0.25) is 0 Å². The van der Waals surface area contributed by atoms with Crippen LogP contribution in [0.5, 0.6) is 0 Å². The van der Waals surface area contributed by atoms with Crippen molar-refractivity contribution >= 4 is 11.6 Å². The van der Waals surface area contributed by atoms with Gasteiger partial charge in [-0.15, -0.1) is 0 Å². The standard InChI is InChI=1S/C15H24N4O/c1-4-11(2)18-5-7-19(8-6-18)15(20)14-9-13(16)10-17-12(14)3/h9-11H,4-8,16H2,1-3H3. The first-order valence-electron chi connectivity index (χ1n) is 7.28. The topological polar surface area (TPSA) is 62.5 Å². The number of rotatable bonds is 3. The monoisotopic (exact) mass is 276 g/mol. The number of aryl methyl sites for hydroxylation is 1. The molecule has 1 aliphatic heterocycles. The molecule has 110 valence electrons. The Kier molecular flexibility index (Phi) is 4.60. The Labute approximate surface area is 120 Å². The van der Waals surface area contributed by atoms with Crippen molar-refractivity contribution in [3.63, 3.8) is 0 Å². The predicted molar refractivity (Wildman–Crippen MR) is 80.6 cm³/mol. The summed E-state index contributed by atoms with van der Waals surface area (Å²) in [5, 5.41) is 0. The van der Waals surface area contributed by atoms with Crippen LogP contribution in [0, 0.1) is 6.92 Å². The van der Waals surface area contributed by atoms with Gasteiger partial charge < -0.3 is 10.6 Å². The highest BCUT2D eigenvalue weighted by Crippen LogP contribution is 2.15. The summed E-state index contributed by atoms with van der Waals surface area (Å²) in [6, 6.07) is 2.31. The maximum absolute atomic E-state index is 12.5. The molecule has 0 radical (unpaired) electrons. The molecule has 0 bridgehead atoms. The Morgan fingerprint density at radius 2 is 2.05 bits per heavy atom. The normalized spacial score (nSPS) is 18.1. The minimum Gasteiger partial charge on any atom is -0.397 e. The van der Waals surface area contributed by atoms with Crippen molar-refractivity contribution < 1.29 is 4.79 Å². The molecule has 1 amide bonds. The number of piperazine rings is 1. The third kappa shape index (κ3) is 3.10. The average Bonchev–Trinajstić information content (AvgIpc) is 2.48. The summed E-state index contributed by atoms with van der Waals surface area (Å²) in [6.07, 6.45) is 2.74. The maximum Gasteiger partial charge on any atom is 0.255 e. The first-order chi connectivity index (χ1) is 9.52. The molecule has 0 aliphatic carbocycles. The van der Waals surface area contributed by atoms with Crippen molar-refractivity contribution in [1.29, 1.82) is 0 Å². The molecule has 1 aromatic heterocycles. The molecule has 1 aromatic rings. The van der Waals surface area contributed by atoms with Crippen LogP contribution in [0.1, 0.15) is 36.3 Å². The first kappa shape index (κ1) is 14.8. The van der Waals surface area contributed by atoms with Crippen molar-refractivity contribution in [2.75, 3.05) is 31.9 Å². The number of hydrogen-bond acceptors (Lipinski definition) is 4. The molecule has 2 N–H and O–H groups in total. The zero-order valence-electron chi connectivity index (χ0n) is 12.6. The van der Waals surface area contributed by atoms with E-state index in [1.54, 1.807) is 12.3 Å². The molecule has 1 atom stereocenters. The number of nitrogens with zero attached hydrogens (tertiary/aromatic N) is 3. The molecule has 1 saturated heterocycles. The molecule has 2 heterocycles. The number of amides is 1. The van der Waals surface area contributed by atoms with Gasteiger partial charge >= 0.3 is 0 Å². The van der Waals surface area contributed by atoms with E-state index in [1.165, 1.54) is 0 Å².